The fourth-order valence-corrected chi connectivity index (χ4v) is 5.42. The Balaban J connectivity index is 2.16. The summed E-state index contributed by atoms with van der Waals surface area (Å²) >= 11 is 1.41. The number of aryl methyl sites for hydroxylation is 1. The lowest BCUT2D eigenvalue weighted by Gasteiger charge is -2.19. The summed E-state index contributed by atoms with van der Waals surface area (Å²) in [4.78, 5) is 1.12. The van der Waals surface area contributed by atoms with E-state index in [0.29, 0.717) is 29.3 Å². The molecule has 1 N–H and O–H groups in total. The Morgan fingerprint density at radius 3 is 2.62 bits per heavy atom. The van der Waals surface area contributed by atoms with Crippen molar-refractivity contribution in [1.82, 2.24) is 9.62 Å². The summed E-state index contributed by atoms with van der Waals surface area (Å²) in [6, 6.07) is 2.22. The van der Waals surface area contributed by atoms with Crippen LogP contribution in [-0.2, 0) is 16.6 Å². The lowest BCUT2D eigenvalue weighted by atomic mass is 10.3. The van der Waals surface area contributed by atoms with Gasteiger partial charge in [-0.2, -0.15) is 4.31 Å². The lowest BCUT2D eigenvalue weighted by molar-refractivity contribution is 0.413. The number of sulfonamides is 1. The highest BCUT2D eigenvalue weighted by Gasteiger charge is 2.31. The van der Waals surface area contributed by atoms with Gasteiger partial charge in [0, 0.05) is 30.6 Å². The number of nitrogens with one attached hydrogen (secondary N) is 1. The summed E-state index contributed by atoms with van der Waals surface area (Å²) in [7, 11) is -3.32. The highest BCUT2D eigenvalue weighted by atomic mass is 32.2. The fourth-order valence-electron chi connectivity index (χ4n) is 2.20. The van der Waals surface area contributed by atoms with Gasteiger partial charge >= 0.3 is 0 Å². The normalized spacial score (nSPS) is 16.1. The van der Waals surface area contributed by atoms with E-state index in [9.17, 15) is 8.42 Å². The molecule has 120 valence electrons. The molecule has 0 bridgehead atoms. The van der Waals surface area contributed by atoms with Crippen LogP contribution in [0, 0.1) is 12.8 Å². The van der Waals surface area contributed by atoms with E-state index in [0.717, 1.165) is 17.0 Å². The van der Waals surface area contributed by atoms with E-state index in [2.05, 4.69) is 19.2 Å². The second-order valence-corrected chi connectivity index (χ2v) is 9.41. The van der Waals surface area contributed by atoms with Gasteiger partial charge in [-0.3, -0.25) is 0 Å². The molecular weight excluding hydrogens is 304 g/mol. The maximum absolute atomic E-state index is 12.7. The van der Waals surface area contributed by atoms with Crippen molar-refractivity contribution in [1.29, 1.82) is 0 Å². The first-order chi connectivity index (χ1) is 9.84. The standard InChI is InChI=1S/C15H26N2O2S2/c1-5-17(10-13-6-7-13)21(18,19)15-8-12(4)14(20-15)9-16-11(2)3/h8,11,13,16H,5-7,9-10H2,1-4H3. The molecule has 0 aliphatic heterocycles. The minimum absolute atomic E-state index is 0.397. The molecule has 1 aliphatic rings. The van der Waals surface area contributed by atoms with E-state index >= 15 is 0 Å². The molecule has 0 amide bonds. The maximum atomic E-state index is 12.7. The number of hydrogen-bond donors (Lipinski definition) is 1. The van der Waals surface area contributed by atoms with Gasteiger partial charge in [-0.15, -0.1) is 11.3 Å². The Morgan fingerprint density at radius 2 is 2.10 bits per heavy atom. The van der Waals surface area contributed by atoms with Crippen LogP contribution in [0.25, 0.3) is 0 Å². The zero-order chi connectivity index (χ0) is 15.6. The topological polar surface area (TPSA) is 49.4 Å². The predicted molar refractivity (Wildman–Crippen MR) is 88.2 cm³/mol. The van der Waals surface area contributed by atoms with Gasteiger partial charge < -0.3 is 5.32 Å². The van der Waals surface area contributed by atoms with Crippen molar-refractivity contribution in [3.63, 3.8) is 0 Å². The van der Waals surface area contributed by atoms with Crippen molar-refractivity contribution in [2.75, 3.05) is 13.1 Å². The Hall–Kier alpha value is -0.430. The van der Waals surface area contributed by atoms with E-state index in [1.54, 1.807) is 4.31 Å². The van der Waals surface area contributed by atoms with Crippen LogP contribution in [0.2, 0.25) is 0 Å². The van der Waals surface area contributed by atoms with Gasteiger partial charge in [-0.1, -0.05) is 20.8 Å². The molecule has 0 spiro atoms. The molecule has 6 heteroatoms. The molecule has 1 heterocycles. The van der Waals surface area contributed by atoms with Crippen LogP contribution in [0.15, 0.2) is 10.3 Å². The monoisotopic (exact) mass is 330 g/mol. The first-order valence-corrected chi connectivity index (χ1v) is 9.93. The molecule has 1 fully saturated rings. The van der Waals surface area contributed by atoms with Crippen molar-refractivity contribution in [2.24, 2.45) is 5.92 Å². The summed E-state index contributed by atoms with van der Waals surface area (Å²) in [5, 5.41) is 3.35. The maximum Gasteiger partial charge on any atom is 0.252 e. The first-order valence-electron chi connectivity index (χ1n) is 7.67. The predicted octanol–water partition coefficient (Wildman–Crippen LogP) is 2.98. The third kappa shape index (κ3) is 4.28. The highest BCUT2D eigenvalue weighted by molar-refractivity contribution is 7.91. The van der Waals surface area contributed by atoms with E-state index < -0.39 is 10.0 Å². The molecule has 1 aromatic rings. The van der Waals surface area contributed by atoms with Gasteiger partial charge in [-0.05, 0) is 37.3 Å². The zero-order valence-electron chi connectivity index (χ0n) is 13.3. The molecule has 4 nitrogen and oxygen atoms in total. The Kier molecular flexibility index (Phi) is 5.46. The minimum Gasteiger partial charge on any atom is -0.310 e. The molecule has 1 aromatic heterocycles. The fraction of sp³-hybridized carbons (Fsp3) is 0.733. The first kappa shape index (κ1) is 16.9. The largest absolute Gasteiger partial charge is 0.310 e. The third-order valence-corrected chi connectivity index (χ3v) is 7.40. The van der Waals surface area contributed by atoms with Crippen LogP contribution in [0.1, 0.15) is 44.1 Å². The molecule has 2 rings (SSSR count). The summed E-state index contributed by atoms with van der Waals surface area (Å²) in [5.74, 6) is 0.572. The van der Waals surface area contributed by atoms with Crippen molar-refractivity contribution >= 4 is 21.4 Å². The van der Waals surface area contributed by atoms with Gasteiger partial charge in [0.1, 0.15) is 4.21 Å². The van der Waals surface area contributed by atoms with E-state index in [1.807, 2.05) is 19.9 Å². The Morgan fingerprint density at radius 1 is 1.43 bits per heavy atom. The zero-order valence-corrected chi connectivity index (χ0v) is 15.0. The van der Waals surface area contributed by atoms with Gasteiger partial charge in [0.15, 0.2) is 0 Å². The van der Waals surface area contributed by atoms with Gasteiger partial charge in [0.05, 0.1) is 0 Å². The number of nitrogens with zero attached hydrogens (tertiary/aromatic N) is 1. The lowest BCUT2D eigenvalue weighted by Crippen LogP contribution is -2.32. The molecule has 1 saturated carbocycles. The second kappa shape index (κ2) is 6.77. The number of hydrogen-bond acceptors (Lipinski definition) is 4. The molecule has 0 atom stereocenters. The van der Waals surface area contributed by atoms with Crippen molar-refractivity contribution in [3.05, 3.63) is 16.5 Å². The van der Waals surface area contributed by atoms with Crippen LogP contribution >= 0.6 is 11.3 Å². The third-order valence-electron chi connectivity index (χ3n) is 3.77. The smallest absolute Gasteiger partial charge is 0.252 e. The quantitative estimate of drug-likeness (QED) is 0.797. The van der Waals surface area contributed by atoms with Crippen LogP contribution < -0.4 is 5.32 Å². The van der Waals surface area contributed by atoms with Gasteiger partial charge in [0.2, 0.25) is 0 Å². The van der Waals surface area contributed by atoms with Gasteiger partial charge in [-0.25, -0.2) is 8.42 Å². The van der Waals surface area contributed by atoms with Crippen LogP contribution in [0.3, 0.4) is 0 Å². The minimum atomic E-state index is -3.32. The summed E-state index contributed by atoms with van der Waals surface area (Å²) in [6.07, 6.45) is 2.33. The van der Waals surface area contributed by atoms with Crippen molar-refractivity contribution < 1.29 is 8.42 Å². The summed E-state index contributed by atoms with van der Waals surface area (Å²) in [5.41, 5.74) is 1.06. The Bertz CT molecular complexity index is 574. The van der Waals surface area contributed by atoms with Crippen LogP contribution in [-0.4, -0.2) is 31.9 Å². The van der Waals surface area contributed by atoms with E-state index in [4.69, 9.17) is 0 Å². The highest BCUT2D eigenvalue weighted by Crippen LogP contribution is 2.33. The Labute approximate surface area is 132 Å². The molecule has 0 radical (unpaired) electrons. The number of thiophene rings is 1. The van der Waals surface area contributed by atoms with Crippen molar-refractivity contribution in [2.45, 2.75) is 57.3 Å². The number of rotatable bonds is 8. The van der Waals surface area contributed by atoms with E-state index in [1.165, 1.54) is 24.2 Å². The molecule has 0 unspecified atom stereocenters. The molecule has 0 saturated heterocycles. The van der Waals surface area contributed by atoms with Gasteiger partial charge in [0.25, 0.3) is 10.0 Å². The summed E-state index contributed by atoms with van der Waals surface area (Å²) < 4.78 is 27.6. The second-order valence-electron chi connectivity index (χ2n) is 6.11. The average molecular weight is 331 g/mol. The van der Waals surface area contributed by atoms with Crippen LogP contribution in [0.5, 0.6) is 0 Å². The van der Waals surface area contributed by atoms with Crippen LogP contribution in [0.4, 0.5) is 0 Å². The SMILES string of the molecule is CCN(CC1CC1)S(=O)(=O)c1cc(C)c(CNC(C)C)s1. The molecule has 0 aromatic carbocycles. The molecule has 1 aliphatic carbocycles. The average Bonchev–Trinajstić information content (AvgIpc) is 3.15. The van der Waals surface area contributed by atoms with E-state index in [-0.39, 0.29) is 0 Å². The van der Waals surface area contributed by atoms with Crippen molar-refractivity contribution in [3.8, 4) is 0 Å². The molecule has 21 heavy (non-hydrogen) atoms. The molecular formula is C15H26N2O2S2. The summed E-state index contributed by atoms with van der Waals surface area (Å²) in [6.45, 7) is 10.1.